The summed E-state index contributed by atoms with van der Waals surface area (Å²) >= 11 is 0. The summed E-state index contributed by atoms with van der Waals surface area (Å²) in [6, 6.07) is 21.0. The van der Waals surface area contributed by atoms with Gasteiger partial charge in [0.25, 0.3) is 0 Å². The molecule has 3 aromatic carbocycles. The van der Waals surface area contributed by atoms with E-state index in [9.17, 15) is 18.0 Å². The average molecular weight is 552 g/mol. The number of hydrogen-bond acceptors (Lipinski definition) is 6. The molecule has 0 unspecified atom stereocenters. The van der Waals surface area contributed by atoms with Crippen LogP contribution >= 0.6 is 0 Å². The zero-order valence-corrected chi connectivity index (χ0v) is 23.1. The van der Waals surface area contributed by atoms with Crippen LogP contribution in [-0.4, -0.2) is 57.3 Å². The van der Waals surface area contributed by atoms with Crippen molar-refractivity contribution in [2.75, 3.05) is 30.4 Å². The van der Waals surface area contributed by atoms with Gasteiger partial charge in [-0.05, 0) is 37.1 Å². The number of ether oxygens (including phenoxy) is 2. The number of anilines is 1. The predicted octanol–water partition coefficient (Wildman–Crippen LogP) is 3.27. The first-order valence-electron chi connectivity index (χ1n) is 12.7. The molecule has 0 aromatic heterocycles. The average Bonchev–Trinajstić information content (AvgIpc) is 3.41. The fourth-order valence-corrected chi connectivity index (χ4v) is 5.54. The molecule has 39 heavy (non-hydrogen) atoms. The number of likely N-dealkylation sites (N-methyl/N-ethyl adjacent to an activating group) is 1. The second kappa shape index (κ2) is 12.2. The van der Waals surface area contributed by atoms with Gasteiger partial charge >= 0.3 is 0 Å². The van der Waals surface area contributed by atoms with Crippen molar-refractivity contribution < 1.29 is 27.5 Å². The topological polar surface area (TPSA) is 105 Å². The van der Waals surface area contributed by atoms with Crippen LogP contribution in [0.3, 0.4) is 0 Å². The van der Waals surface area contributed by atoms with Gasteiger partial charge < -0.3 is 19.7 Å². The lowest BCUT2D eigenvalue weighted by Gasteiger charge is -2.33. The molecular weight excluding hydrogens is 518 g/mol. The lowest BCUT2D eigenvalue weighted by Crippen LogP contribution is -2.53. The molecule has 0 radical (unpaired) electrons. The second-order valence-electron chi connectivity index (χ2n) is 9.28. The monoisotopic (exact) mass is 551 g/mol. The third kappa shape index (κ3) is 6.69. The van der Waals surface area contributed by atoms with Gasteiger partial charge in [0.1, 0.15) is 12.6 Å². The second-order valence-corrected chi connectivity index (χ2v) is 11.5. The van der Waals surface area contributed by atoms with E-state index in [-0.39, 0.29) is 37.1 Å². The number of carbonyl (C=O) groups is 2. The van der Waals surface area contributed by atoms with E-state index in [1.807, 2.05) is 61.5 Å². The van der Waals surface area contributed by atoms with Crippen LogP contribution in [0.4, 0.5) is 5.69 Å². The number of nitrogens with one attached hydrogen (secondary N) is 1. The molecule has 1 aliphatic rings. The molecule has 1 N–H and O–H groups in total. The van der Waals surface area contributed by atoms with E-state index in [0.29, 0.717) is 11.5 Å². The van der Waals surface area contributed by atoms with Gasteiger partial charge in [0, 0.05) is 26.1 Å². The maximum absolute atomic E-state index is 14.0. The van der Waals surface area contributed by atoms with Crippen LogP contribution < -0.4 is 19.1 Å². The Kier molecular flexibility index (Phi) is 8.75. The molecule has 1 heterocycles. The Labute approximate surface area is 229 Å². The molecule has 1 aliphatic heterocycles. The first kappa shape index (κ1) is 28.0. The molecule has 1 atom stereocenters. The molecule has 0 aliphatic carbocycles. The quantitative estimate of drug-likeness (QED) is 0.392. The van der Waals surface area contributed by atoms with E-state index in [2.05, 4.69) is 5.32 Å². The standard InChI is InChI=1S/C29H33N3O6S/c1-4-39(35,36)32(24-13-14-26-27(17-24)38-20-37-26)19-28(33)31(18-23-12-8-9-21(2)15-23)25(29(34)30-3)16-22-10-6-5-7-11-22/h5-15,17,25H,4,16,18-20H2,1-3H3,(H,30,34)/t25-/m0/s1. The number of aryl methyl sites for hydroxylation is 1. The third-order valence-corrected chi connectivity index (χ3v) is 8.32. The van der Waals surface area contributed by atoms with Crippen molar-refractivity contribution in [3.8, 4) is 11.5 Å². The minimum absolute atomic E-state index is 0.0375. The van der Waals surface area contributed by atoms with Crippen molar-refractivity contribution in [2.45, 2.75) is 32.9 Å². The number of fused-ring (bicyclic) bond motifs is 1. The number of benzene rings is 3. The Morgan fingerprint density at radius 2 is 1.67 bits per heavy atom. The van der Waals surface area contributed by atoms with Crippen molar-refractivity contribution in [1.29, 1.82) is 0 Å². The van der Waals surface area contributed by atoms with E-state index in [1.54, 1.807) is 18.2 Å². The van der Waals surface area contributed by atoms with Crippen LogP contribution in [0.1, 0.15) is 23.6 Å². The summed E-state index contributed by atoms with van der Waals surface area (Å²) in [5.41, 5.74) is 3.00. The maximum atomic E-state index is 14.0. The number of nitrogens with zero attached hydrogens (tertiary/aromatic N) is 2. The van der Waals surface area contributed by atoms with Crippen molar-refractivity contribution in [2.24, 2.45) is 0 Å². The molecular formula is C29H33N3O6S. The summed E-state index contributed by atoms with van der Waals surface area (Å²) in [6.07, 6.45) is 0.266. The fraction of sp³-hybridized carbons (Fsp3) is 0.310. The summed E-state index contributed by atoms with van der Waals surface area (Å²) in [7, 11) is -2.34. The predicted molar refractivity (Wildman–Crippen MR) is 149 cm³/mol. The van der Waals surface area contributed by atoms with Crippen molar-refractivity contribution in [3.63, 3.8) is 0 Å². The molecule has 10 heteroatoms. The van der Waals surface area contributed by atoms with Gasteiger partial charge in [0.2, 0.25) is 28.6 Å². The SMILES string of the molecule is CCS(=O)(=O)N(CC(=O)N(Cc1cccc(C)c1)[C@@H](Cc1ccccc1)C(=O)NC)c1ccc2c(c1)OCO2. The molecule has 0 spiro atoms. The van der Waals surface area contributed by atoms with Gasteiger partial charge in [0.05, 0.1) is 11.4 Å². The highest BCUT2D eigenvalue weighted by molar-refractivity contribution is 7.92. The van der Waals surface area contributed by atoms with Crippen LogP contribution in [-0.2, 0) is 32.6 Å². The Morgan fingerprint density at radius 3 is 2.36 bits per heavy atom. The zero-order chi connectivity index (χ0) is 28.0. The van der Waals surface area contributed by atoms with Gasteiger partial charge in [-0.3, -0.25) is 13.9 Å². The molecule has 2 amide bonds. The van der Waals surface area contributed by atoms with Gasteiger partial charge in [0.15, 0.2) is 11.5 Å². The molecule has 0 fully saturated rings. The summed E-state index contributed by atoms with van der Waals surface area (Å²) in [6.45, 7) is 3.16. The molecule has 0 saturated carbocycles. The summed E-state index contributed by atoms with van der Waals surface area (Å²) in [5, 5.41) is 2.68. The van der Waals surface area contributed by atoms with Crippen molar-refractivity contribution in [1.82, 2.24) is 10.2 Å². The highest BCUT2D eigenvalue weighted by atomic mass is 32.2. The van der Waals surface area contributed by atoms with Crippen LogP contribution in [0.15, 0.2) is 72.8 Å². The number of carbonyl (C=O) groups excluding carboxylic acids is 2. The van der Waals surface area contributed by atoms with Crippen LogP contribution in [0.2, 0.25) is 0 Å². The molecule has 3 aromatic rings. The van der Waals surface area contributed by atoms with E-state index < -0.39 is 28.5 Å². The van der Waals surface area contributed by atoms with Gasteiger partial charge in [-0.15, -0.1) is 0 Å². The fourth-order valence-electron chi connectivity index (χ4n) is 4.49. The van der Waals surface area contributed by atoms with Gasteiger partial charge in [-0.1, -0.05) is 60.2 Å². The van der Waals surface area contributed by atoms with E-state index in [0.717, 1.165) is 21.0 Å². The first-order chi connectivity index (χ1) is 18.7. The van der Waals surface area contributed by atoms with E-state index in [4.69, 9.17) is 9.47 Å². The number of hydrogen-bond donors (Lipinski definition) is 1. The van der Waals surface area contributed by atoms with Crippen LogP contribution in [0.5, 0.6) is 11.5 Å². The number of sulfonamides is 1. The van der Waals surface area contributed by atoms with Gasteiger partial charge in [-0.25, -0.2) is 8.42 Å². The lowest BCUT2D eigenvalue weighted by molar-refractivity contribution is -0.139. The molecule has 9 nitrogen and oxygen atoms in total. The first-order valence-corrected chi connectivity index (χ1v) is 14.3. The van der Waals surface area contributed by atoms with E-state index >= 15 is 0 Å². The third-order valence-electron chi connectivity index (χ3n) is 6.58. The molecule has 206 valence electrons. The Hall–Kier alpha value is -4.05. The largest absolute Gasteiger partial charge is 0.454 e. The van der Waals surface area contributed by atoms with Crippen molar-refractivity contribution >= 4 is 27.5 Å². The molecule has 0 saturated heterocycles. The van der Waals surface area contributed by atoms with Crippen LogP contribution in [0.25, 0.3) is 0 Å². The Balaban J connectivity index is 1.73. The Morgan fingerprint density at radius 1 is 0.949 bits per heavy atom. The van der Waals surface area contributed by atoms with Gasteiger partial charge in [-0.2, -0.15) is 0 Å². The zero-order valence-electron chi connectivity index (χ0n) is 22.3. The minimum Gasteiger partial charge on any atom is -0.454 e. The Bertz CT molecular complexity index is 1430. The number of amides is 2. The summed E-state index contributed by atoms with van der Waals surface area (Å²) in [5.74, 6) is -0.151. The number of rotatable bonds is 11. The summed E-state index contributed by atoms with van der Waals surface area (Å²) in [4.78, 5) is 28.7. The van der Waals surface area contributed by atoms with Crippen LogP contribution in [0, 0.1) is 6.92 Å². The van der Waals surface area contributed by atoms with Crippen molar-refractivity contribution in [3.05, 3.63) is 89.5 Å². The molecule has 4 rings (SSSR count). The highest BCUT2D eigenvalue weighted by Crippen LogP contribution is 2.36. The smallest absolute Gasteiger partial charge is 0.244 e. The highest BCUT2D eigenvalue weighted by Gasteiger charge is 2.33. The van der Waals surface area contributed by atoms with E-state index in [1.165, 1.54) is 18.9 Å². The molecule has 0 bridgehead atoms. The maximum Gasteiger partial charge on any atom is 0.244 e. The summed E-state index contributed by atoms with van der Waals surface area (Å²) < 4.78 is 38.3. The normalized spacial score (nSPS) is 13.0. The lowest BCUT2D eigenvalue weighted by atomic mass is 10.0. The minimum atomic E-state index is -3.86.